The summed E-state index contributed by atoms with van der Waals surface area (Å²) in [6, 6.07) is 4.78. The molecule has 0 spiro atoms. The van der Waals surface area contributed by atoms with Crippen LogP contribution in [0.4, 0.5) is 5.69 Å². The molecule has 92 valence electrons. The molecule has 1 fully saturated rings. The third-order valence-corrected chi connectivity index (χ3v) is 3.30. The third kappa shape index (κ3) is 2.37. The van der Waals surface area contributed by atoms with E-state index in [1.807, 2.05) is 6.92 Å². The Balaban J connectivity index is 2.11. The largest absolute Gasteiger partial charge is 0.399 e. The summed E-state index contributed by atoms with van der Waals surface area (Å²) in [5.74, 6) is -0.141. The summed E-state index contributed by atoms with van der Waals surface area (Å²) < 4.78 is 0. The van der Waals surface area contributed by atoms with Gasteiger partial charge in [0.1, 0.15) is 0 Å². The number of nitrogens with zero attached hydrogens (tertiary/aromatic N) is 1. The molecule has 0 unspecified atom stereocenters. The van der Waals surface area contributed by atoms with Crippen LogP contribution in [0.5, 0.6) is 0 Å². The molecule has 17 heavy (non-hydrogen) atoms. The van der Waals surface area contributed by atoms with Crippen molar-refractivity contribution in [1.29, 1.82) is 0 Å². The average molecular weight is 255 g/mol. The molecular formula is C12H15ClN2O2. The second kappa shape index (κ2) is 4.20. The van der Waals surface area contributed by atoms with Crippen molar-refractivity contribution >= 4 is 23.2 Å². The fraction of sp³-hybridized carbons (Fsp3) is 0.417. The summed E-state index contributed by atoms with van der Waals surface area (Å²) in [5.41, 5.74) is 5.84. The zero-order chi connectivity index (χ0) is 12.6. The Morgan fingerprint density at radius 2 is 2.18 bits per heavy atom. The SMILES string of the molecule is CCC1(O)CN(C(=O)c2cc(N)cc(Cl)c2)C1. The van der Waals surface area contributed by atoms with Crippen LogP contribution in [0.25, 0.3) is 0 Å². The average Bonchev–Trinajstić information content (AvgIpc) is 2.22. The summed E-state index contributed by atoms with van der Waals surface area (Å²) in [6.45, 7) is 2.64. The topological polar surface area (TPSA) is 66.6 Å². The molecule has 0 radical (unpaired) electrons. The van der Waals surface area contributed by atoms with Gasteiger partial charge in [-0.05, 0) is 24.6 Å². The van der Waals surface area contributed by atoms with Crippen molar-refractivity contribution in [2.24, 2.45) is 0 Å². The highest BCUT2D eigenvalue weighted by Gasteiger charge is 2.42. The summed E-state index contributed by atoms with van der Waals surface area (Å²) >= 11 is 5.84. The van der Waals surface area contributed by atoms with Crippen molar-refractivity contribution in [2.45, 2.75) is 18.9 Å². The molecule has 1 aromatic rings. The minimum atomic E-state index is -0.722. The second-order valence-electron chi connectivity index (χ2n) is 4.51. The predicted molar refractivity (Wildman–Crippen MR) is 67.0 cm³/mol. The van der Waals surface area contributed by atoms with E-state index in [4.69, 9.17) is 17.3 Å². The van der Waals surface area contributed by atoms with E-state index in [0.717, 1.165) is 0 Å². The van der Waals surface area contributed by atoms with Gasteiger partial charge in [0.15, 0.2) is 0 Å². The minimum Gasteiger partial charge on any atom is -0.399 e. The van der Waals surface area contributed by atoms with Crippen molar-refractivity contribution in [3.63, 3.8) is 0 Å². The van der Waals surface area contributed by atoms with Gasteiger partial charge >= 0.3 is 0 Å². The van der Waals surface area contributed by atoms with E-state index in [-0.39, 0.29) is 5.91 Å². The molecule has 1 saturated heterocycles. The molecule has 0 saturated carbocycles. The van der Waals surface area contributed by atoms with Crippen LogP contribution in [0.2, 0.25) is 5.02 Å². The van der Waals surface area contributed by atoms with E-state index >= 15 is 0 Å². The molecule has 0 aliphatic carbocycles. The summed E-state index contributed by atoms with van der Waals surface area (Å²) in [7, 11) is 0. The number of aliphatic hydroxyl groups is 1. The first-order valence-corrected chi connectivity index (χ1v) is 5.89. The lowest BCUT2D eigenvalue weighted by atomic mass is 9.90. The van der Waals surface area contributed by atoms with Gasteiger partial charge in [-0.1, -0.05) is 18.5 Å². The number of carbonyl (C=O) groups excluding carboxylic acids is 1. The van der Waals surface area contributed by atoms with E-state index in [0.29, 0.717) is 35.8 Å². The fourth-order valence-corrected chi connectivity index (χ4v) is 2.19. The molecule has 2 rings (SSSR count). The summed E-state index contributed by atoms with van der Waals surface area (Å²) in [4.78, 5) is 13.6. The molecule has 3 N–H and O–H groups in total. The predicted octanol–water partition coefficient (Wildman–Crippen LogP) is 1.52. The van der Waals surface area contributed by atoms with E-state index < -0.39 is 5.60 Å². The van der Waals surface area contributed by atoms with Gasteiger partial charge in [0.2, 0.25) is 0 Å². The van der Waals surface area contributed by atoms with E-state index in [2.05, 4.69) is 0 Å². The number of hydrogen-bond donors (Lipinski definition) is 2. The molecule has 0 aromatic heterocycles. The van der Waals surface area contributed by atoms with Gasteiger partial charge in [-0.2, -0.15) is 0 Å². The van der Waals surface area contributed by atoms with E-state index in [9.17, 15) is 9.90 Å². The first-order valence-electron chi connectivity index (χ1n) is 5.51. The van der Waals surface area contributed by atoms with Crippen LogP contribution in [0.3, 0.4) is 0 Å². The molecular weight excluding hydrogens is 240 g/mol. The summed E-state index contributed by atoms with van der Waals surface area (Å²) in [5, 5.41) is 10.3. The Morgan fingerprint density at radius 1 is 1.53 bits per heavy atom. The number of anilines is 1. The lowest BCUT2D eigenvalue weighted by Crippen LogP contribution is -2.63. The molecule has 1 heterocycles. The highest BCUT2D eigenvalue weighted by Crippen LogP contribution is 2.27. The molecule has 0 atom stereocenters. The fourth-order valence-electron chi connectivity index (χ4n) is 1.95. The molecule has 1 amide bonds. The molecule has 1 aliphatic rings. The summed E-state index contributed by atoms with van der Waals surface area (Å²) in [6.07, 6.45) is 0.647. The number of carbonyl (C=O) groups is 1. The molecule has 5 heteroatoms. The third-order valence-electron chi connectivity index (χ3n) is 3.08. The first-order chi connectivity index (χ1) is 7.93. The van der Waals surface area contributed by atoms with Crippen molar-refractivity contribution in [3.05, 3.63) is 28.8 Å². The van der Waals surface area contributed by atoms with Gasteiger partial charge in [0.05, 0.1) is 18.7 Å². The van der Waals surface area contributed by atoms with Crippen molar-refractivity contribution in [2.75, 3.05) is 18.8 Å². The Morgan fingerprint density at radius 3 is 2.71 bits per heavy atom. The Labute approximate surface area is 105 Å². The maximum absolute atomic E-state index is 12.0. The normalized spacial score (nSPS) is 17.7. The van der Waals surface area contributed by atoms with Crippen molar-refractivity contribution in [3.8, 4) is 0 Å². The Hall–Kier alpha value is -1.26. The quantitative estimate of drug-likeness (QED) is 0.787. The van der Waals surface area contributed by atoms with E-state index in [1.54, 1.807) is 23.1 Å². The highest BCUT2D eigenvalue weighted by atomic mass is 35.5. The number of halogens is 1. The van der Waals surface area contributed by atoms with Crippen molar-refractivity contribution in [1.82, 2.24) is 4.90 Å². The smallest absolute Gasteiger partial charge is 0.254 e. The van der Waals surface area contributed by atoms with Gasteiger partial charge in [0.25, 0.3) is 5.91 Å². The lowest BCUT2D eigenvalue weighted by Gasteiger charge is -2.46. The van der Waals surface area contributed by atoms with Crippen LogP contribution in [0, 0.1) is 0 Å². The Kier molecular flexibility index (Phi) is 3.02. The number of nitrogen functional groups attached to an aromatic ring is 1. The van der Waals surface area contributed by atoms with Gasteiger partial charge in [-0.15, -0.1) is 0 Å². The van der Waals surface area contributed by atoms with Crippen LogP contribution in [-0.2, 0) is 0 Å². The van der Waals surface area contributed by atoms with Crippen LogP contribution in [0.1, 0.15) is 23.7 Å². The van der Waals surface area contributed by atoms with Gasteiger partial charge in [0, 0.05) is 16.3 Å². The van der Waals surface area contributed by atoms with Gasteiger partial charge in [-0.25, -0.2) is 0 Å². The van der Waals surface area contributed by atoms with Crippen LogP contribution < -0.4 is 5.73 Å². The van der Waals surface area contributed by atoms with E-state index in [1.165, 1.54) is 0 Å². The van der Waals surface area contributed by atoms with Gasteiger partial charge < -0.3 is 15.7 Å². The van der Waals surface area contributed by atoms with Crippen LogP contribution in [0.15, 0.2) is 18.2 Å². The Bertz CT molecular complexity index is 436. The zero-order valence-electron chi connectivity index (χ0n) is 9.61. The number of hydrogen-bond acceptors (Lipinski definition) is 3. The minimum absolute atomic E-state index is 0.141. The van der Waals surface area contributed by atoms with Crippen LogP contribution >= 0.6 is 11.6 Å². The number of amides is 1. The maximum atomic E-state index is 12.0. The molecule has 4 nitrogen and oxygen atoms in total. The molecule has 1 aliphatic heterocycles. The second-order valence-corrected chi connectivity index (χ2v) is 4.95. The number of nitrogens with two attached hydrogens (primary N) is 1. The number of rotatable bonds is 2. The first kappa shape index (κ1) is 12.2. The molecule has 0 bridgehead atoms. The lowest BCUT2D eigenvalue weighted by molar-refractivity contribution is -0.0826. The maximum Gasteiger partial charge on any atom is 0.254 e. The number of benzene rings is 1. The monoisotopic (exact) mass is 254 g/mol. The standard InChI is InChI=1S/C12H15ClN2O2/c1-2-12(17)6-15(7-12)11(16)8-3-9(13)5-10(14)4-8/h3-5,17H,2,6-7,14H2,1H3. The van der Waals surface area contributed by atoms with Gasteiger partial charge in [-0.3, -0.25) is 4.79 Å². The van der Waals surface area contributed by atoms with Crippen molar-refractivity contribution < 1.29 is 9.90 Å². The number of β-amino-alcohol motifs (C(OH)–C–C–N with tert-alkyl or cyclic N) is 1. The highest BCUT2D eigenvalue weighted by molar-refractivity contribution is 6.31. The number of likely N-dealkylation sites (tertiary alicyclic amines) is 1. The molecule has 1 aromatic carbocycles. The zero-order valence-corrected chi connectivity index (χ0v) is 10.4. The van der Waals surface area contributed by atoms with Crippen LogP contribution in [-0.4, -0.2) is 34.6 Å².